The molecule has 1 aliphatic heterocycles. The Labute approximate surface area is 226 Å². The smallest absolute Gasteiger partial charge is 0.406 e. The molecular weight excluding hydrogens is 535 g/mol. The summed E-state index contributed by atoms with van der Waals surface area (Å²) in [6.07, 6.45) is 6.16. The van der Waals surface area contributed by atoms with Crippen molar-refractivity contribution in [3.63, 3.8) is 0 Å². The zero-order chi connectivity index (χ0) is 27.9. The number of aromatic amines is 1. The molecule has 1 saturated carbocycles. The molecule has 0 bridgehead atoms. The minimum absolute atomic E-state index is 0. The van der Waals surface area contributed by atoms with E-state index in [1.807, 2.05) is 6.07 Å². The minimum atomic E-state index is -4.62. The van der Waals surface area contributed by atoms with Gasteiger partial charge >= 0.3 is 6.36 Å². The second kappa shape index (κ2) is 12.6. The molecule has 1 aromatic carbocycles. The summed E-state index contributed by atoms with van der Waals surface area (Å²) in [5.74, 6) is 0.399. The number of hydrogen-bond acceptors (Lipinski definition) is 7. The van der Waals surface area contributed by atoms with Crippen LogP contribution in [0, 0.1) is 0 Å². The van der Waals surface area contributed by atoms with Crippen LogP contribution in [0.4, 0.5) is 19.0 Å². The summed E-state index contributed by atoms with van der Waals surface area (Å²) < 4.78 is 67.0. The third-order valence-corrected chi connectivity index (χ3v) is 8.11. The highest BCUT2D eigenvalue weighted by molar-refractivity contribution is 7.92. The number of pyridine rings is 1. The van der Waals surface area contributed by atoms with Crippen molar-refractivity contribution < 1.29 is 27.8 Å². The molecule has 2 N–H and O–H groups in total. The number of nitrogens with zero attached hydrogens (tertiary/aromatic N) is 3. The Morgan fingerprint density at radius 2 is 1.87 bits per heavy atom. The number of alkyl halides is 3. The first kappa shape index (κ1) is 28.6. The molecule has 3 aromatic rings. The number of halogens is 3. The van der Waals surface area contributed by atoms with E-state index in [0.717, 1.165) is 37.1 Å². The van der Waals surface area contributed by atoms with Crippen molar-refractivity contribution in [2.75, 3.05) is 17.8 Å². The number of H-pyrrole nitrogens is 1. The van der Waals surface area contributed by atoms with E-state index in [4.69, 9.17) is 0 Å². The van der Waals surface area contributed by atoms with E-state index in [-0.39, 0.29) is 23.4 Å². The number of rotatable bonds is 6. The van der Waals surface area contributed by atoms with E-state index in [1.54, 1.807) is 12.1 Å². The fraction of sp³-hybridized carbons (Fsp3) is 0.423. The Bertz CT molecular complexity index is 1370. The van der Waals surface area contributed by atoms with Gasteiger partial charge in [0, 0.05) is 25.9 Å². The molecule has 1 saturated heterocycles. The Morgan fingerprint density at radius 1 is 1.08 bits per heavy atom. The van der Waals surface area contributed by atoms with Crippen LogP contribution >= 0.6 is 0 Å². The zero-order valence-electron chi connectivity index (χ0n) is 21.1. The number of ether oxygens (including phenoxy) is 1. The monoisotopic (exact) mass is 567 g/mol. The predicted octanol–water partition coefficient (Wildman–Crippen LogP) is 4.92. The molecule has 0 radical (unpaired) electrons. The number of benzene rings is 1. The van der Waals surface area contributed by atoms with Crippen molar-refractivity contribution in [1.29, 1.82) is 0 Å². The molecule has 2 fully saturated rings. The van der Waals surface area contributed by atoms with Crippen LogP contribution in [-0.2, 0) is 10.0 Å². The van der Waals surface area contributed by atoms with Gasteiger partial charge in [0.2, 0.25) is 5.56 Å². The molecule has 212 valence electrons. The molecule has 0 amide bonds. The fourth-order valence-corrected chi connectivity index (χ4v) is 5.96. The third-order valence-electron chi connectivity index (χ3n) is 6.75. The summed E-state index contributed by atoms with van der Waals surface area (Å²) in [5, 5.41) is 0. The highest BCUT2D eigenvalue weighted by Crippen LogP contribution is 2.37. The molecule has 2 aromatic heterocycles. The van der Waals surface area contributed by atoms with Gasteiger partial charge in [-0.2, -0.15) is 0 Å². The third kappa shape index (κ3) is 8.52. The molecule has 2 aliphatic rings. The molecule has 2 atom stereocenters. The summed E-state index contributed by atoms with van der Waals surface area (Å²) in [6, 6.07) is 10.9. The largest absolute Gasteiger partial charge is 0.573 e. The van der Waals surface area contributed by atoms with Gasteiger partial charge in [0.15, 0.2) is 0 Å². The van der Waals surface area contributed by atoms with Gasteiger partial charge in [-0.1, -0.05) is 18.6 Å². The van der Waals surface area contributed by atoms with Crippen molar-refractivity contribution >= 4 is 15.8 Å². The van der Waals surface area contributed by atoms with Gasteiger partial charge in [0.1, 0.15) is 22.8 Å². The number of aromatic nitrogens is 3. The quantitative estimate of drug-likeness (QED) is 0.434. The van der Waals surface area contributed by atoms with Gasteiger partial charge in [0.05, 0.1) is 0 Å². The maximum absolute atomic E-state index is 12.4. The number of hydrogen-bond donors (Lipinski definition) is 2. The van der Waals surface area contributed by atoms with Gasteiger partial charge in [-0.15, -0.1) is 13.2 Å². The maximum Gasteiger partial charge on any atom is 0.573 e. The van der Waals surface area contributed by atoms with Crippen LogP contribution in [0.25, 0.3) is 0 Å². The van der Waals surface area contributed by atoms with E-state index in [9.17, 15) is 26.4 Å². The van der Waals surface area contributed by atoms with Gasteiger partial charge < -0.3 is 14.6 Å². The van der Waals surface area contributed by atoms with Crippen molar-refractivity contribution in [3.8, 4) is 5.75 Å². The number of sulfonamides is 1. The lowest BCUT2D eigenvalue weighted by molar-refractivity contribution is -0.274. The highest BCUT2D eigenvalue weighted by atomic mass is 32.2. The molecule has 0 spiro atoms. The Morgan fingerprint density at radius 3 is 2.54 bits per heavy atom. The van der Waals surface area contributed by atoms with Gasteiger partial charge in [-0.3, -0.25) is 9.52 Å². The van der Waals surface area contributed by atoms with E-state index in [2.05, 4.69) is 29.3 Å². The van der Waals surface area contributed by atoms with Crippen LogP contribution in [0.1, 0.15) is 51.4 Å². The summed E-state index contributed by atoms with van der Waals surface area (Å²) in [4.78, 5) is 23.0. The highest BCUT2D eigenvalue weighted by Gasteiger charge is 2.32. The topological polar surface area (TPSA) is 117 Å². The summed E-state index contributed by atoms with van der Waals surface area (Å²) in [5.41, 5.74) is 0.608. The van der Waals surface area contributed by atoms with Gasteiger partial charge in [-0.05, 0) is 80.9 Å². The number of nitrogens with one attached hydrogen (secondary N) is 2. The molecular formula is C26H32F3N5O4S. The summed E-state index contributed by atoms with van der Waals surface area (Å²) >= 11 is 0. The standard InChI is InChI=1S/C17H22F3NO.C9H8N4O3S.H2/c18-17(19,20)22-16-8-4-6-14(12-16)13-5-3-7-15(11-13)21-9-1-2-10-21;14-9-2-1-7(5-11-9)17(15,16)13-8-3-4-10-6-12-8;/h4,6,8,12-13,15H,1-3,5,7,9-11H2;1-6H,(H,11,14)(H,10,12,13);1H/t13-,15+;;/m0../s1. The first-order valence-corrected chi connectivity index (χ1v) is 14.1. The molecule has 1 aliphatic carbocycles. The second-order valence-corrected chi connectivity index (χ2v) is 11.2. The van der Waals surface area contributed by atoms with Gasteiger partial charge in [0.25, 0.3) is 10.0 Å². The average Bonchev–Trinajstić information content (AvgIpc) is 3.44. The van der Waals surface area contributed by atoms with E-state index < -0.39 is 16.4 Å². The van der Waals surface area contributed by atoms with Crippen molar-refractivity contribution in [2.24, 2.45) is 0 Å². The summed E-state index contributed by atoms with van der Waals surface area (Å²) in [7, 11) is -3.74. The van der Waals surface area contributed by atoms with Crippen LogP contribution in [0.5, 0.6) is 5.75 Å². The Hall–Kier alpha value is -3.45. The van der Waals surface area contributed by atoms with Crippen LogP contribution in [0.15, 0.2) is 70.9 Å². The predicted molar refractivity (Wildman–Crippen MR) is 141 cm³/mol. The lowest BCUT2D eigenvalue weighted by Crippen LogP contribution is -2.36. The lowest BCUT2D eigenvalue weighted by atomic mass is 9.81. The Kier molecular flexibility index (Phi) is 9.23. The molecule has 9 nitrogen and oxygen atoms in total. The van der Waals surface area contributed by atoms with Crippen molar-refractivity contribution in [2.45, 2.75) is 61.7 Å². The van der Waals surface area contributed by atoms with Crippen molar-refractivity contribution in [3.05, 3.63) is 77.1 Å². The zero-order valence-corrected chi connectivity index (χ0v) is 21.9. The minimum Gasteiger partial charge on any atom is -0.406 e. The Balaban J connectivity index is 0.000000222. The van der Waals surface area contributed by atoms with Crippen LogP contribution < -0.4 is 15.0 Å². The van der Waals surface area contributed by atoms with Crippen LogP contribution in [-0.4, -0.2) is 53.8 Å². The molecule has 5 rings (SSSR count). The number of likely N-dealkylation sites (tertiary alicyclic amines) is 1. The normalized spacial score (nSPS) is 20.1. The SMILES string of the molecule is FC(F)(F)Oc1cccc([C@H]2CCC[C@@H](N3CCCC3)C2)c1.O=c1ccc(S(=O)(=O)Nc2ccncn2)c[nH]1.[HH]. The average molecular weight is 568 g/mol. The second-order valence-electron chi connectivity index (χ2n) is 9.47. The molecule has 39 heavy (non-hydrogen) atoms. The number of anilines is 1. The lowest BCUT2D eigenvalue weighted by Gasteiger charge is -2.35. The molecule has 13 heteroatoms. The van der Waals surface area contributed by atoms with Crippen LogP contribution in [0.2, 0.25) is 0 Å². The van der Waals surface area contributed by atoms with Crippen LogP contribution in [0.3, 0.4) is 0 Å². The van der Waals surface area contributed by atoms with E-state index in [1.165, 1.54) is 63.1 Å². The van der Waals surface area contributed by atoms with Gasteiger partial charge in [-0.25, -0.2) is 18.4 Å². The first-order valence-electron chi connectivity index (χ1n) is 12.7. The van der Waals surface area contributed by atoms with E-state index >= 15 is 0 Å². The summed E-state index contributed by atoms with van der Waals surface area (Å²) in [6.45, 7) is 2.35. The molecule has 3 heterocycles. The van der Waals surface area contributed by atoms with E-state index in [0.29, 0.717) is 12.0 Å². The molecule has 0 unspecified atom stereocenters. The maximum atomic E-state index is 12.4. The fourth-order valence-electron chi connectivity index (χ4n) is 4.98. The van der Waals surface area contributed by atoms with Crippen molar-refractivity contribution in [1.82, 2.24) is 19.9 Å². The first-order chi connectivity index (χ1) is 18.6.